The Hall–Kier alpha value is -2.25. The van der Waals surface area contributed by atoms with E-state index < -0.39 is 6.04 Å². The van der Waals surface area contributed by atoms with E-state index >= 15 is 0 Å². The number of hydrogen-bond acceptors (Lipinski definition) is 5. The van der Waals surface area contributed by atoms with Gasteiger partial charge in [-0.1, -0.05) is 18.2 Å². The molecule has 7 heteroatoms. The van der Waals surface area contributed by atoms with Gasteiger partial charge in [0.15, 0.2) is 0 Å². The molecule has 0 saturated carbocycles. The number of imide groups is 1. The summed E-state index contributed by atoms with van der Waals surface area (Å²) in [6.45, 7) is 4.44. The lowest BCUT2D eigenvalue weighted by molar-refractivity contribution is -0.136. The van der Waals surface area contributed by atoms with Gasteiger partial charge in [-0.15, -0.1) is 0 Å². The van der Waals surface area contributed by atoms with Crippen LogP contribution in [0.5, 0.6) is 0 Å². The Morgan fingerprint density at radius 1 is 1.15 bits per heavy atom. The van der Waals surface area contributed by atoms with Gasteiger partial charge in [0, 0.05) is 44.2 Å². The smallest absolute Gasteiger partial charge is 0.255 e. The van der Waals surface area contributed by atoms with Crippen molar-refractivity contribution >= 4 is 17.7 Å². The first-order valence-electron chi connectivity index (χ1n) is 9.81. The summed E-state index contributed by atoms with van der Waals surface area (Å²) in [6.07, 6.45) is 1.85. The molecular weight excluding hydrogens is 344 g/mol. The third kappa shape index (κ3) is 2.85. The maximum atomic E-state index is 13.1. The number of nitrogens with one attached hydrogen (secondary N) is 2. The fourth-order valence-corrected chi connectivity index (χ4v) is 4.93. The van der Waals surface area contributed by atoms with Crippen LogP contribution in [0, 0.1) is 5.92 Å². The molecule has 3 atom stereocenters. The average molecular weight is 368 g/mol. The van der Waals surface area contributed by atoms with Gasteiger partial charge in [0.25, 0.3) is 5.91 Å². The van der Waals surface area contributed by atoms with Crippen LogP contribution in [0.4, 0.5) is 0 Å². The lowest BCUT2D eigenvalue weighted by Gasteiger charge is -2.46. The van der Waals surface area contributed by atoms with Crippen molar-refractivity contribution in [3.63, 3.8) is 0 Å². The van der Waals surface area contributed by atoms with Gasteiger partial charge in [-0.3, -0.25) is 24.6 Å². The minimum absolute atomic E-state index is 0.0738. The molecule has 142 valence electrons. The van der Waals surface area contributed by atoms with Crippen LogP contribution in [0.1, 0.15) is 40.7 Å². The largest absolute Gasteiger partial charge is 0.322 e. The second kappa shape index (κ2) is 6.42. The fourth-order valence-electron chi connectivity index (χ4n) is 4.93. The van der Waals surface area contributed by atoms with E-state index in [9.17, 15) is 14.4 Å². The highest BCUT2D eigenvalue weighted by molar-refractivity contribution is 6.05. The van der Waals surface area contributed by atoms with Crippen LogP contribution in [0.15, 0.2) is 18.2 Å². The van der Waals surface area contributed by atoms with Gasteiger partial charge in [0.2, 0.25) is 11.8 Å². The summed E-state index contributed by atoms with van der Waals surface area (Å²) in [7, 11) is 0. The third-order valence-electron chi connectivity index (χ3n) is 6.49. The first-order valence-corrected chi connectivity index (χ1v) is 9.81. The normalized spacial score (nSPS) is 30.6. The molecule has 7 nitrogen and oxygen atoms in total. The van der Waals surface area contributed by atoms with E-state index in [2.05, 4.69) is 15.5 Å². The van der Waals surface area contributed by atoms with Gasteiger partial charge in [-0.05, 0) is 36.4 Å². The fraction of sp³-hybridized carbons (Fsp3) is 0.550. The number of benzene rings is 1. The molecule has 4 aliphatic heterocycles. The maximum Gasteiger partial charge on any atom is 0.255 e. The van der Waals surface area contributed by atoms with Crippen LogP contribution in [-0.4, -0.2) is 59.2 Å². The first kappa shape index (κ1) is 16.9. The summed E-state index contributed by atoms with van der Waals surface area (Å²) in [4.78, 5) is 40.9. The number of piperidine rings is 2. The minimum atomic E-state index is -0.549. The molecule has 0 aliphatic carbocycles. The molecule has 0 bridgehead atoms. The maximum absolute atomic E-state index is 13.1. The van der Waals surface area contributed by atoms with Gasteiger partial charge in [0.1, 0.15) is 6.04 Å². The van der Waals surface area contributed by atoms with E-state index in [1.54, 1.807) is 4.90 Å². The predicted octanol–water partition coefficient (Wildman–Crippen LogP) is 0.241. The topological polar surface area (TPSA) is 81.8 Å². The Morgan fingerprint density at radius 2 is 2.04 bits per heavy atom. The Bertz CT molecular complexity index is 823. The molecule has 4 aliphatic rings. The highest BCUT2D eigenvalue weighted by Gasteiger charge is 2.41. The zero-order chi connectivity index (χ0) is 18.5. The van der Waals surface area contributed by atoms with E-state index in [1.807, 2.05) is 18.2 Å². The second-order valence-electron chi connectivity index (χ2n) is 8.15. The minimum Gasteiger partial charge on any atom is -0.322 e. The standard InChI is InChI=1S/C20H24N4O3/c25-17-5-4-16(19(26)22-17)24-11-13-3-1-2-12(18(13)20(24)27)9-23-7-6-15-14(10-23)8-21-15/h1-3,14-16,21H,4-11H2,(H,22,25,26)/t14-,15+,16?/m1/s1. The summed E-state index contributed by atoms with van der Waals surface area (Å²) in [5.41, 5.74) is 2.80. The van der Waals surface area contributed by atoms with E-state index in [1.165, 1.54) is 0 Å². The van der Waals surface area contributed by atoms with Crippen molar-refractivity contribution in [1.29, 1.82) is 0 Å². The molecule has 4 heterocycles. The van der Waals surface area contributed by atoms with Crippen molar-refractivity contribution in [3.05, 3.63) is 34.9 Å². The molecule has 5 rings (SSSR count). The van der Waals surface area contributed by atoms with Crippen LogP contribution in [0.2, 0.25) is 0 Å². The van der Waals surface area contributed by atoms with Crippen LogP contribution in [-0.2, 0) is 22.7 Å². The molecule has 0 radical (unpaired) electrons. The summed E-state index contributed by atoms with van der Waals surface area (Å²) >= 11 is 0. The van der Waals surface area contributed by atoms with Crippen LogP contribution < -0.4 is 10.6 Å². The number of likely N-dealkylation sites (tertiary alicyclic amines) is 1. The van der Waals surface area contributed by atoms with Gasteiger partial charge in [-0.25, -0.2) is 0 Å². The molecule has 27 heavy (non-hydrogen) atoms. The van der Waals surface area contributed by atoms with E-state index in [0.717, 1.165) is 55.2 Å². The van der Waals surface area contributed by atoms with E-state index in [0.29, 0.717) is 19.0 Å². The first-order chi connectivity index (χ1) is 13.1. The van der Waals surface area contributed by atoms with Crippen LogP contribution >= 0.6 is 0 Å². The van der Waals surface area contributed by atoms with Crippen LogP contribution in [0.3, 0.4) is 0 Å². The summed E-state index contributed by atoms with van der Waals surface area (Å²) < 4.78 is 0. The zero-order valence-corrected chi connectivity index (χ0v) is 15.2. The molecular formula is C20H24N4O3. The monoisotopic (exact) mass is 368 g/mol. The Balaban J connectivity index is 1.35. The quantitative estimate of drug-likeness (QED) is 0.747. The van der Waals surface area contributed by atoms with Crippen molar-refractivity contribution in [2.24, 2.45) is 5.92 Å². The van der Waals surface area contributed by atoms with Crippen LogP contribution in [0.25, 0.3) is 0 Å². The second-order valence-corrected chi connectivity index (χ2v) is 8.15. The van der Waals surface area contributed by atoms with Gasteiger partial charge in [-0.2, -0.15) is 0 Å². The number of amides is 3. The van der Waals surface area contributed by atoms with E-state index in [-0.39, 0.29) is 24.1 Å². The average Bonchev–Trinajstić information content (AvgIpc) is 2.95. The summed E-state index contributed by atoms with van der Waals surface area (Å²) in [5, 5.41) is 5.84. The number of carbonyl (C=O) groups excluding carboxylic acids is 3. The van der Waals surface area contributed by atoms with Gasteiger partial charge in [0.05, 0.1) is 0 Å². The summed E-state index contributed by atoms with van der Waals surface area (Å²) in [5.74, 6) is 0.0463. The van der Waals surface area contributed by atoms with E-state index in [4.69, 9.17) is 0 Å². The molecule has 3 saturated heterocycles. The predicted molar refractivity (Wildman–Crippen MR) is 97.7 cm³/mol. The van der Waals surface area contributed by atoms with Crippen molar-refractivity contribution in [2.45, 2.75) is 44.4 Å². The lowest BCUT2D eigenvalue weighted by Crippen LogP contribution is -2.61. The Morgan fingerprint density at radius 3 is 2.78 bits per heavy atom. The third-order valence-corrected chi connectivity index (χ3v) is 6.49. The molecule has 0 aromatic heterocycles. The number of fused-ring (bicyclic) bond motifs is 2. The van der Waals surface area contributed by atoms with Gasteiger partial charge < -0.3 is 10.2 Å². The number of nitrogens with zero attached hydrogens (tertiary/aromatic N) is 2. The molecule has 1 aromatic carbocycles. The molecule has 3 amide bonds. The highest BCUT2D eigenvalue weighted by Crippen LogP contribution is 2.31. The van der Waals surface area contributed by atoms with Crippen molar-refractivity contribution in [1.82, 2.24) is 20.4 Å². The Kier molecular flexibility index (Phi) is 4.02. The molecule has 1 unspecified atom stereocenters. The lowest BCUT2D eigenvalue weighted by atomic mass is 9.85. The highest BCUT2D eigenvalue weighted by atomic mass is 16.2. The van der Waals surface area contributed by atoms with Gasteiger partial charge >= 0.3 is 0 Å². The SMILES string of the molecule is O=C1CCC(N2Cc3cccc(CN4CC[C@@H]5NC[C@@H]5C4)c3C2=O)C(=O)N1. The summed E-state index contributed by atoms with van der Waals surface area (Å²) in [6, 6.07) is 6.15. The van der Waals surface area contributed by atoms with Crippen molar-refractivity contribution in [2.75, 3.05) is 19.6 Å². The number of hydrogen-bond donors (Lipinski definition) is 2. The number of rotatable bonds is 3. The molecule has 0 spiro atoms. The Labute approximate surface area is 158 Å². The zero-order valence-electron chi connectivity index (χ0n) is 15.2. The van der Waals surface area contributed by atoms with Crippen molar-refractivity contribution < 1.29 is 14.4 Å². The molecule has 2 N–H and O–H groups in total. The molecule has 3 fully saturated rings. The van der Waals surface area contributed by atoms with Crippen molar-refractivity contribution in [3.8, 4) is 0 Å². The molecule has 1 aromatic rings. The number of carbonyl (C=O) groups is 3.